The van der Waals surface area contributed by atoms with Gasteiger partial charge in [-0.3, -0.25) is 0 Å². The monoisotopic (exact) mass is 241 g/mol. The predicted octanol–water partition coefficient (Wildman–Crippen LogP) is 4.35. The van der Waals surface area contributed by atoms with Crippen LogP contribution in [0.5, 0.6) is 0 Å². The number of halogens is 1. The summed E-state index contributed by atoms with van der Waals surface area (Å²) in [5, 5.41) is 1.55. The van der Waals surface area contributed by atoms with Gasteiger partial charge in [-0.1, -0.05) is 30.9 Å². The summed E-state index contributed by atoms with van der Waals surface area (Å²) in [7, 11) is 0. The van der Waals surface area contributed by atoms with E-state index in [0.717, 1.165) is 16.0 Å². The average molecular weight is 242 g/mol. The van der Waals surface area contributed by atoms with Gasteiger partial charge in [0, 0.05) is 15.8 Å². The van der Waals surface area contributed by atoms with Gasteiger partial charge in [-0.05, 0) is 31.0 Å². The van der Waals surface area contributed by atoms with Crippen molar-refractivity contribution >= 4 is 29.1 Å². The van der Waals surface area contributed by atoms with E-state index in [-0.39, 0.29) is 0 Å². The Morgan fingerprint density at radius 1 is 1.20 bits per heavy atom. The van der Waals surface area contributed by atoms with Crippen LogP contribution in [0.4, 0.5) is 5.69 Å². The van der Waals surface area contributed by atoms with Gasteiger partial charge in [-0.15, -0.1) is 11.8 Å². The molecule has 0 amide bonds. The minimum absolute atomic E-state index is 0.744. The zero-order chi connectivity index (χ0) is 10.7. The second-order valence-corrected chi connectivity index (χ2v) is 5.82. The number of nitrogen functional groups attached to an aromatic ring is 1. The third-order valence-electron chi connectivity index (χ3n) is 2.80. The molecule has 1 aromatic rings. The van der Waals surface area contributed by atoms with Gasteiger partial charge in [0.2, 0.25) is 0 Å². The predicted molar refractivity (Wildman–Crippen MR) is 68.6 cm³/mol. The van der Waals surface area contributed by atoms with Crippen LogP contribution in [0.2, 0.25) is 5.02 Å². The molecule has 0 heterocycles. The molecular formula is C12H16ClNS. The van der Waals surface area contributed by atoms with Crippen molar-refractivity contribution in [1.29, 1.82) is 0 Å². The van der Waals surface area contributed by atoms with E-state index in [1.807, 2.05) is 30.0 Å². The summed E-state index contributed by atoms with van der Waals surface area (Å²) in [6.07, 6.45) is 6.78. The molecule has 1 fully saturated rings. The van der Waals surface area contributed by atoms with Crippen LogP contribution in [0.15, 0.2) is 23.1 Å². The smallest absolute Gasteiger partial charge is 0.0562 e. The molecule has 0 atom stereocenters. The van der Waals surface area contributed by atoms with E-state index in [4.69, 9.17) is 17.3 Å². The van der Waals surface area contributed by atoms with Crippen LogP contribution in [-0.2, 0) is 0 Å². The fourth-order valence-electron chi connectivity index (χ4n) is 1.98. The first-order valence-corrected chi connectivity index (χ1v) is 6.73. The first kappa shape index (κ1) is 11.2. The standard InChI is InChI=1S/C12H16ClNS/c13-11-8-9(14)6-7-12(11)15-10-4-2-1-3-5-10/h6-8,10H,1-5,14H2. The fourth-order valence-corrected chi connectivity index (χ4v) is 3.54. The molecule has 3 heteroatoms. The quantitative estimate of drug-likeness (QED) is 0.780. The lowest BCUT2D eigenvalue weighted by Crippen LogP contribution is -2.07. The largest absolute Gasteiger partial charge is 0.399 e. The Hall–Kier alpha value is -0.340. The average Bonchev–Trinajstić information content (AvgIpc) is 2.24. The third kappa shape index (κ3) is 3.05. The topological polar surface area (TPSA) is 26.0 Å². The first-order valence-electron chi connectivity index (χ1n) is 5.47. The maximum atomic E-state index is 6.15. The van der Waals surface area contributed by atoms with Crippen molar-refractivity contribution in [2.24, 2.45) is 0 Å². The second kappa shape index (κ2) is 5.13. The molecule has 1 aliphatic rings. The number of nitrogens with two attached hydrogens (primary N) is 1. The summed E-state index contributed by atoms with van der Waals surface area (Å²) >= 11 is 8.06. The van der Waals surface area contributed by atoms with Crippen molar-refractivity contribution < 1.29 is 0 Å². The highest BCUT2D eigenvalue weighted by Gasteiger charge is 2.15. The van der Waals surface area contributed by atoms with Crippen LogP contribution in [0, 0.1) is 0 Å². The van der Waals surface area contributed by atoms with Crippen molar-refractivity contribution in [2.45, 2.75) is 42.2 Å². The lowest BCUT2D eigenvalue weighted by molar-refractivity contribution is 0.516. The van der Waals surface area contributed by atoms with E-state index >= 15 is 0 Å². The van der Waals surface area contributed by atoms with Gasteiger partial charge in [-0.2, -0.15) is 0 Å². The number of thioether (sulfide) groups is 1. The molecule has 0 radical (unpaired) electrons. The Bertz CT molecular complexity index is 334. The summed E-state index contributed by atoms with van der Waals surface area (Å²) < 4.78 is 0. The molecule has 0 spiro atoms. The van der Waals surface area contributed by atoms with Crippen molar-refractivity contribution in [3.8, 4) is 0 Å². The molecule has 1 aromatic carbocycles. The van der Waals surface area contributed by atoms with E-state index in [9.17, 15) is 0 Å². The number of benzene rings is 1. The van der Waals surface area contributed by atoms with Gasteiger partial charge in [0.25, 0.3) is 0 Å². The maximum absolute atomic E-state index is 6.15. The highest BCUT2D eigenvalue weighted by molar-refractivity contribution is 8.00. The molecule has 1 saturated carbocycles. The molecular weight excluding hydrogens is 226 g/mol. The third-order valence-corrected chi connectivity index (χ3v) is 4.64. The van der Waals surface area contributed by atoms with E-state index < -0.39 is 0 Å². The lowest BCUT2D eigenvalue weighted by Gasteiger charge is -2.21. The Labute approximate surface area is 100 Å². The zero-order valence-corrected chi connectivity index (χ0v) is 10.3. The summed E-state index contributed by atoms with van der Waals surface area (Å²) in [4.78, 5) is 1.18. The molecule has 0 aromatic heterocycles. The molecule has 0 bridgehead atoms. The SMILES string of the molecule is Nc1ccc(SC2CCCCC2)c(Cl)c1. The Morgan fingerprint density at radius 3 is 2.60 bits per heavy atom. The second-order valence-electron chi connectivity index (χ2n) is 4.07. The van der Waals surface area contributed by atoms with Gasteiger partial charge >= 0.3 is 0 Å². The van der Waals surface area contributed by atoms with Gasteiger partial charge in [-0.25, -0.2) is 0 Å². The number of anilines is 1. The molecule has 0 saturated heterocycles. The van der Waals surface area contributed by atoms with Crippen LogP contribution in [0.1, 0.15) is 32.1 Å². The van der Waals surface area contributed by atoms with Crippen molar-refractivity contribution in [2.75, 3.05) is 5.73 Å². The molecule has 2 N–H and O–H groups in total. The highest BCUT2D eigenvalue weighted by atomic mass is 35.5. The highest BCUT2D eigenvalue weighted by Crippen LogP contribution is 2.37. The van der Waals surface area contributed by atoms with Gasteiger partial charge < -0.3 is 5.73 Å². The zero-order valence-electron chi connectivity index (χ0n) is 8.71. The Morgan fingerprint density at radius 2 is 1.93 bits per heavy atom. The Balaban J connectivity index is 2.03. The van der Waals surface area contributed by atoms with Crippen LogP contribution >= 0.6 is 23.4 Å². The molecule has 0 unspecified atom stereocenters. The Kier molecular flexibility index (Phi) is 3.81. The number of hydrogen-bond acceptors (Lipinski definition) is 2. The number of rotatable bonds is 2. The summed E-state index contributed by atoms with van der Waals surface area (Å²) in [6.45, 7) is 0. The van der Waals surface area contributed by atoms with Crippen molar-refractivity contribution in [3.63, 3.8) is 0 Å². The van der Waals surface area contributed by atoms with E-state index in [1.54, 1.807) is 0 Å². The molecule has 15 heavy (non-hydrogen) atoms. The summed E-state index contributed by atoms with van der Waals surface area (Å²) in [5.41, 5.74) is 6.41. The normalized spacial score (nSPS) is 17.9. The van der Waals surface area contributed by atoms with Crippen molar-refractivity contribution in [1.82, 2.24) is 0 Å². The van der Waals surface area contributed by atoms with Crippen LogP contribution in [0.3, 0.4) is 0 Å². The molecule has 1 aliphatic carbocycles. The maximum Gasteiger partial charge on any atom is 0.0562 e. The van der Waals surface area contributed by atoms with Crippen LogP contribution in [0.25, 0.3) is 0 Å². The van der Waals surface area contributed by atoms with E-state index in [1.165, 1.54) is 37.0 Å². The number of hydrogen-bond donors (Lipinski definition) is 1. The molecule has 0 aliphatic heterocycles. The fraction of sp³-hybridized carbons (Fsp3) is 0.500. The van der Waals surface area contributed by atoms with E-state index in [0.29, 0.717) is 0 Å². The summed E-state index contributed by atoms with van der Waals surface area (Å²) in [6, 6.07) is 5.81. The molecule has 82 valence electrons. The molecule has 1 nitrogen and oxygen atoms in total. The molecule has 2 rings (SSSR count). The minimum Gasteiger partial charge on any atom is -0.399 e. The van der Waals surface area contributed by atoms with Gasteiger partial charge in [0.15, 0.2) is 0 Å². The van der Waals surface area contributed by atoms with Crippen LogP contribution < -0.4 is 5.73 Å². The minimum atomic E-state index is 0.744. The van der Waals surface area contributed by atoms with Crippen LogP contribution in [-0.4, -0.2) is 5.25 Å². The van der Waals surface area contributed by atoms with Gasteiger partial charge in [0.1, 0.15) is 0 Å². The lowest BCUT2D eigenvalue weighted by atomic mass is 10.0. The summed E-state index contributed by atoms with van der Waals surface area (Å²) in [5.74, 6) is 0. The first-order chi connectivity index (χ1) is 7.25. The van der Waals surface area contributed by atoms with Crippen molar-refractivity contribution in [3.05, 3.63) is 23.2 Å². The van der Waals surface area contributed by atoms with E-state index in [2.05, 4.69) is 0 Å². The van der Waals surface area contributed by atoms with Gasteiger partial charge in [0.05, 0.1) is 5.02 Å².